The van der Waals surface area contributed by atoms with Crippen LogP contribution in [0.4, 0.5) is 4.79 Å². The van der Waals surface area contributed by atoms with Crippen LogP contribution in [0.3, 0.4) is 0 Å². The summed E-state index contributed by atoms with van der Waals surface area (Å²) in [7, 11) is 1.80. The summed E-state index contributed by atoms with van der Waals surface area (Å²) in [4.78, 5) is 19.1. The monoisotopic (exact) mass is 231 g/mol. The summed E-state index contributed by atoms with van der Waals surface area (Å²) in [6.45, 7) is 2.12. The van der Waals surface area contributed by atoms with E-state index in [9.17, 15) is 4.79 Å². The molecule has 2 heterocycles. The summed E-state index contributed by atoms with van der Waals surface area (Å²) in [6.07, 6.45) is 0. The van der Waals surface area contributed by atoms with E-state index in [0.29, 0.717) is 11.0 Å². The molecule has 6 heteroatoms. The number of amides is 2. The summed E-state index contributed by atoms with van der Waals surface area (Å²) in [5, 5.41) is 1.88. The molecule has 0 radical (unpaired) electrons. The van der Waals surface area contributed by atoms with E-state index in [0.717, 1.165) is 18.8 Å². The molecule has 0 N–H and O–H groups in total. The maximum absolute atomic E-state index is 11.5. The van der Waals surface area contributed by atoms with Crippen molar-refractivity contribution in [1.29, 1.82) is 0 Å². The fraction of sp³-hybridized carbons (Fsp3) is 0.500. The van der Waals surface area contributed by atoms with E-state index in [1.165, 1.54) is 11.3 Å². The van der Waals surface area contributed by atoms with Gasteiger partial charge >= 0.3 is 6.03 Å². The minimum atomic E-state index is 0.0640. The number of hydrogen-bond acceptors (Lipinski definition) is 3. The molecule has 2 amide bonds. The van der Waals surface area contributed by atoms with Crippen LogP contribution in [0.15, 0.2) is 5.38 Å². The standard InChI is InChI=1S/C8H10ClN3OS/c1-11-2-3-12(8(11)13)4-6-5-14-7(9)10-6/h5H,2-4H2,1H3. The molecule has 14 heavy (non-hydrogen) atoms. The average Bonchev–Trinajstić information content (AvgIpc) is 2.67. The number of rotatable bonds is 2. The molecule has 2 rings (SSSR count). The van der Waals surface area contributed by atoms with Crippen LogP contribution in [0.2, 0.25) is 4.47 Å². The van der Waals surface area contributed by atoms with Crippen molar-refractivity contribution in [3.63, 3.8) is 0 Å². The van der Waals surface area contributed by atoms with Gasteiger partial charge in [0.25, 0.3) is 0 Å². The van der Waals surface area contributed by atoms with Crippen molar-refractivity contribution < 1.29 is 4.79 Å². The first-order valence-electron chi connectivity index (χ1n) is 4.27. The number of urea groups is 1. The molecule has 1 fully saturated rings. The molecular weight excluding hydrogens is 222 g/mol. The lowest BCUT2D eigenvalue weighted by molar-refractivity contribution is 0.196. The number of carbonyl (C=O) groups excluding carboxylic acids is 1. The number of likely N-dealkylation sites (N-methyl/N-ethyl adjacent to an activating group) is 1. The van der Waals surface area contributed by atoms with Gasteiger partial charge in [0, 0.05) is 25.5 Å². The quantitative estimate of drug-likeness (QED) is 0.776. The van der Waals surface area contributed by atoms with E-state index in [1.54, 1.807) is 16.8 Å². The molecule has 1 aromatic rings. The molecule has 1 saturated heterocycles. The third kappa shape index (κ3) is 1.83. The highest BCUT2D eigenvalue weighted by Gasteiger charge is 2.25. The van der Waals surface area contributed by atoms with E-state index >= 15 is 0 Å². The van der Waals surface area contributed by atoms with Crippen LogP contribution >= 0.6 is 22.9 Å². The lowest BCUT2D eigenvalue weighted by Crippen LogP contribution is -2.29. The fourth-order valence-corrected chi connectivity index (χ4v) is 2.17. The van der Waals surface area contributed by atoms with Gasteiger partial charge in [0.15, 0.2) is 4.47 Å². The van der Waals surface area contributed by atoms with Crippen LogP contribution in [0, 0.1) is 0 Å². The van der Waals surface area contributed by atoms with Crippen molar-refractivity contribution >= 4 is 29.0 Å². The number of nitrogens with zero attached hydrogens (tertiary/aromatic N) is 3. The van der Waals surface area contributed by atoms with Crippen molar-refractivity contribution in [2.45, 2.75) is 6.54 Å². The van der Waals surface area contributed by atoms with Crippen LogP contribution in [-0.4, -0.2) is 41.0 Å². The van der Waals surface area contributed by atoms with Crippen molar-refractivity contribution in [3.05, 3.63) is 15.5 Å². The van der Waals surface area contributed by atoms with Gasteiger partial charge in [-0.15, -0.1) is 11.3 Å². The SMILES string of the molecule is CN1CCN(Cc2csc(Cl)n2)C1=O. The third-order valence-electron chi connectivity index (χ3n) is 2.18. The Kier molecular flexibility index (Phi) is 2.60. The van der Waals surface area contributed by atoms with E-state index < -0.39 is 0 Å². The normalized spacial score (nSPS) is 16.9. The maximum Gasteiger partial charge on any atom is 0.320 e. The molecule has 0 bridgehead atoms. The number of thiazole rings is 1. The Morgan fingerprint density at radius 3 is 2.93 bits per heavy atom. The first-order valence-corrected chi connectivity index (χ1v) is 5.52. The van der Waals surface area contributed by atoms with Crippen molar-refractivity contribution in [3.8, 4) is 0 Å². The summed E-state index contributed by atoms with van der Waals surface area (Å²) < 4.78 is 0.528. The van der Waals surface area contributed by atoms with Crippen LogP contribution in [0.25, 0.3) is 0 Å². The Bertz CT molecular complexity index is 354. The minimum absolute atomic E-state index is 0.0640. The number of hydrogen-bond donors (Lipinski definition) is 0. The zero-order chi connectivity index (χ0) is 10.1. The lowest BCUT2D eigenvalue weighted by atomic mass is 10.4. The molecule has 1 aromatic heterocycles. The summed E-state index contributed by atoms with van der Waals surface area (Å²) in [5.74, 6) is 0. The Hall–Kier alpha value is -0.810. The molecule has 0 aliphatic carbocycles. The summed E-state index contributed by atoms with van der Waals surface area (Å²) in [6, 6.07) is 0.0640. The van der Waals surface area contributed by atoms with Gasteiger partial charge in [-0.1, -0.05) is 11.6 Å². The highest BCUT2D eigenvalue weighted by molar-refractivity contribution is 7.13. The first kappa shape index (κ1) is 9.73. The molecule has 0 aromatic carbocycles. The number of aromatic nitrogens is 1. The van der Waals surface area contributed by atoms with E-state index in [4.69, 9.17) is 11.6 Å². The molecule has 4 nitrogen and oxygen atoms in total. The molecule has 0 spiro atoms. The second-order valence-electron chi connectivity index (χ2n) is 3.22. The van der Waals surface area contributed by atoms with Crippen LogP contribution in [0.1, 0.15) is 5.69 Å². The highest BCUT2D eigenvalue weighted by atomic mass is 35.5. The smallest absolute Gasteiger partial charge is 0.320 e. The predicted octanol–water partition coefficient (Wildman–Crippen LogP) is 1.66. The average molecular weight is 232 g/mol. The van der Waals surface area contributed by atoms with Gasteiger partial charge in [0.05, 0.1) is 12.2 Å². The predicted molar refractivity (Wildman–Crippen MR) is 55.6 cm³/mol. The van der Waals surface area contributed by atoms with Gasteiger partial charge in [-0.05, 0) is 0 Å². The van der Waals surface area contributed by atoms with Gasteiger partial charge in [0.1, 0.15) is 0 Å². The van der Waals surface area contributed by atoms with Gasteiger partial charge in [-0.2, -0.15) is 0 Å². The van der Waals surface area contributed by atoms with E-state index in [2.05, 4.69) is 4.98 Å². The molecular formula is C8H10ClN3OS. The molecule has 0 unspecified atom stereocenters. The van der Waals surface area contributed by atoms with Crippen molar-refractivity contribution in [2.24, 2.45) is 0 Å². The minimum Gasteiger partial charge on any atom is -0.326 e. The number of carbonyl (C=O) groups is 1. The van der Waals surface area contributed by atoms with Gasteiger partial charge in [0.2, 0.25) is 0 Å². The topological polar surface area (TPSA) is 36.4 Å². The van der Waals surface area contributed by atoms with E-state index in [-0.39, 0.29) is 6.03 Å². The molecule has 1 aliphatic heterocycles. The van der Waals surface area contributed by atoms with Crippen LogP contribution < -0.4 is 0 Å². The van der Waals surface area contributed by atoms with Crippen LogP contribution in [-0.2, 0) is 6.54 Å². The molecule has 0 saturated carbocycles. The van der Waals surface area contributed by atoms with Gasteiger partial charge in [-0.3, -0.25) is 0 Å². The maximum atomic E-state index is 11.5. The largest absolute Gasteiger partial charge is 0.326 e. The van der Waals surface area contributed by atoms with Gasteiger partial charge in [-0.25, -0.2) is 9.78 Å². The molecule has 0 atom stereocenters. The van der Waals surface area contributed by atoms with Crippen molar-refractivity contribution in [1.82, 2.24) is 14.8 Å². The third-order valence-corrected chi connectivity index (χ3v) is 3.21. The summed E-state index contributed by atoms with van der Waals surface area (Å²) >= 11 is 7.10. The Morgan fingerprint density at radius 2 is 2.43 bits per heavy atom. The Balaban J connectivity index is 2.02. The summed E-state index contributed by atoms with van der Waals surface area (Å²) in [5.41, 5.74) is 0.864. The van der Waals surface area contributed by atoms with Crippen LogP contribution in [0.5, 0.6) is 0 Å². The van der Waals surface area contributed by atoms with Crippen molar-refractivity contribution in [2.75, 3.05) is 20.1 Å². The second kappa shape index (κ2) is 3.74. The zero-order valence-corrected chi connectivity index (χ0v) is 9.31. The number of halogens is 1. The lowest BCUT2D eigenvalue weighted by Gasteiger charge is -2.13. The second-order valence-corrected chi connectivity index (χ2v) is 4.66. The first-order chi connectivity index (χ1) is 6.66. The Labute approximate surface area is 91.1 Å². The zero-order valence-electron chi connectivity index (χ0n) is 7.73. The molecule has 1 aliphatic rings. The Morgan fingerprint density at radius 1 is 1.64 bits per heavy atom. The highest BCUT2D eigenvalue weighted by Crippen LogP contribution is 2.18. The fourth-order valence-electron chi connectivity index (χ4n) is 1.40. The van der Waals surface area contributed by atoms with E-state index in [1.807, 2.05) is 5.38 Å². The van der Waals surface area contributed by atoms with Gasteiger partial charge < -0.3 is 9.80 Å². The molecule has 76 valence electrons.